The molecule has 0 saturated carbocycles. The molecule has 0 spiro atoms. The van der Waals surface area contributed by atoms with Gasteiger partial charge in [0, 0.05) is 34.4 Å². The van der Waals surface area contributed by atoms with Gasteiger partial charge in [-0.15, -0.1) is 11.3 Å². The predicted molar refractivity (Wildman–Crippen MR) is 83.0 cm³/mol. The van der Waals surface area contributed by atoms with E-state index in [1.807, 2.05) is 17.5 Å². The van der Waals surface area contributed by atoms with Crippen LogP contribution in [0.15, 0.2) is 39.0 Å². The Morgan fingerprint density at radius 2 is 2.05 bits per heavy atom. The first kappa shape index (κ1) is 14.2. The van der Waals surface area contributed by atoms with Gasteiger partial charge in [-0.1, -0.05) is 6.07 Å². The number of benzene rings is 1. The maximum atomic E-state index is 12.3. The Morgan fingerprint density at radius 1 is 1.25 bits per heavy atom. The van der Waals surface area contributed by atoms with Crippen LogP contribution in [0.2, 0.25) is 0 Å². The van der Waals surface area contributed by atoms with Crippen LogP contribution in [0.3, 0.4) is 0 Å². The van der Waals surface area contributed by atoms with Crippen molar-refractivity contribution in [2.45, 2.75) is 24.5 Å². The highest BCUT2D eigenvalue weighted by atomic mass is 79.9. The van der Waals surface area contributed by atoms with Gasteiger partial charge in [-0.2, -0.15) is 0 Å². The first-order valence-electron chi connectivity index (χ1n) is 6.10. The number of thiophene rings is 1. The fourth-order valence-corrected chi connectivity index (χ4v) is 4.67. The average Bonchev–Trinajstić information content (AvgIpc) is 3.04. The van der Waals surface area contributed by atoms with Crippen molar-refractivity contribution in [2.75, 3.05) is 0 Å². The molecule has 0 radical (unpaired) electrons. The second-order valence-corrected chi connectivity index (χ2v) is 8.27. The van der Waals surface area contributed by atoms with E-state index in [1.54, 1.807) is 12.1 Å². The number of fused-ring (bicyclic) bond motifs is 1. The molecule has 7 heteroatoms. The summed E-state index contributed by atoms with van der Waals surface area (Å²) >= 11 is 4.88. The second kappa shape index (κ2) is 5.57. The van der Waals surface area contributed by atoms with Crippen LogP contribution in [0.4, 0.5) is 0 Å². The van der Waals surface area contributed by atoms with E-state index in [9.17, 15) is 8.42 Å². The molecule has 2 aromatic rings. The molecular weight excluding hydrogens is 360 g/mol. The minimum Gasteiger partial charge on any atom is -0.309 e. The summed E-state index contributed by atoms with van der Waals surface area (Å²) in [5, 5.41) is 5.14. The van der Waals surface area contributed by atoms with Crippen molar-refractivity contribution in [1.29, 1.82) is 0 Å². The van der Waals surface area contributed by atoms with E-state index in [-0.39, 0.29) is 0 Å². The normalized spacial score (nSPS) is 14.4. The van der Waals surface area contributed by atoms with Crippen molar-refractivity contribution in [1.82, 2.24) is 10.0 Å². The number of halogens is 1. The molecule has 0 amide bonds. The van der Waals surface area contributed by atoms with Crippen molar-refractivity contribution in [2.24, 2.45) is 0 Å². The lowest BCUT2D eigenvalue weighted by Crippen LogP contribution is -2.22. The molecule has 2 heterocycles. The third-order valence-corrected chi connectivity index (χ3v) is 6.27. The Balaban J connectivity index is 1.78. The Hall–Kier alpha value is -0.730. The highest BCUT2D eigenvalue weighted by Crippen LogP contribution is 2.22. The zero-order valence-electron chi connectivity index (χ0n) is 10.5. The van der Waals surface area contributed by atoms with Crippen molar-refractivity contribution >= 4 is 37.3 Å². The molecule has 1 aliphatic heterocycles. The maximum Gasteiger partial charge on any atom is 0.240 e. The molecule has 4 nitrogen and oxygen atoms in total. The summed E-state index contributed by atoms with van der Waals surface area (Å²) in [6.45, 7) is 1.86. The minimum absolute atomic E-state index is 0.313. The lowest BCUT2D eigenvalue weighted by Gasteiger charge is -2.07. The van der Waals surface area contributed by atoms with E-state index in [0.29, 0.717) is 11.4 Å². The van der Waals surface area contributed by atoms with Crippen LogP contribution in [-0.4, -0.2) is 8.42 Å². The first-order chi connectivity index (χ1) is 9.54. The minimum atomic E-state index is -3.46. The van der Waals surface area contributed by atoms with Gasteiger partial charge >= 0.3 is 0 Å². The van der Waals surface area contributed by atoms with E-state index in [0.717, 1.165) is 28.0 Å². The van der Waals surface area contributed by atoms with Crippen molar-refractivity contribution in [3.05, 3.63) is 50.1 Å². The van der Waals surface area contributed by atoms with E-state index in [1.165, 1.54) is 16.9 Å². The maximum absolute atomic E-state index is 12.3. The third-order valence-electron chi connectivity index (χ3n) is 3.18. The number of nitrogens with one attached hydrogen (secondary N) is 2. The molecule has 3 rings (SSSR count). The Labute approximate surface area is 130 Å². The Bertz CT molecular complexity index is 741. The second-order valence-electron chi connectivity index (χ2n) is 4.59. The number of sulfonamides is 1. The van der Waals surface area contributed by atoms with Crippen molar-refractivity contribution in [3.63, 3.8) is 0 Å². The van der Waals surface area contributed by atoms with Crippen LogP contribution in [0.25, 0.3) is 0 Å². The van der Waals surface area contributed by atoms with E-state index >= 15 is 0 Å². The van der Waals surface area contributed by atoms with Gasteiger partial charge in [-0.05, 0) is 45.3 Å². The highest BCUT2D eigenvalue weighted by molar-refractivity contribution is 9.10. The van der Waals surface area contributed by atoms with Gasteiger partial charge in [-0.3, -0.25) is 0 Å². The Morgan fingerprint density at radius 3 is 2.80 bits per heavy atom. The molecule has 0 atom stereocenters. The smallest absolute Gasteiger partial charge is 0.240 e. The summed E-state index contributed by atoms with van der Waals surface area (Å²) in [7, 11) is -3.46. The van der Waals surface area contributed by atoms with E-state index < -0.39 is 10.0 Å². The molecule has 0 fully saturated rings. The monoisotopic (exact) mass is 372 g/mol. The molecular formula is C13H13BrN2O2S2. The molecule has 1 aromatic carbocycles. The van der Waals surface area contributed by atoms with Crippen LogP contribution in [0, 0.1) is 0 Å². The highest BCUT2D eigenvalue weighted by Gasteiger charge is 2.18. The van der Waals surface area contributed by atoms with Gasteiger partial charge in [0.2, 0.25) is 10.0 Å². The fraction of sp³-hybridized carbons (Fsp3) is 0.231. The van der Waals surface area contributed by atoms with Gasteiger partial charge in [0.1, 0.15) is 0 Å². The Kier molecular flexibility index (Phi) is 3.96. The van der Waals surface area contributed by atoms with Crippen LogP contribution in [0.5, 0.6) is 0 Å². The summed E-state index contributed by atoms with van der Waals surface area (Å²) in [5.41, 5.74) is 2.23. The lowest BCUT2D eigenvalue weighted by atomic mass is 10.1. The molecule has 0 unspecified atom stereocenters. The van der Waals surface area contributed by atoms with Crippen LogP contribution >= 0.6 is 27.3 Å². The van der Waals surface area contributed by atoms with Gasteiger partial charge in [0.25, 0.3) is 0 Å². The first-order valence-corrected chi connectivity index (χ1v) is 9.25. The van der Waals surface area contributed by atoms with Crippen molar-refractivity contribution in [3.8, 4) is 0 Å². The van der Waals surface area contributed by atoms with Gasteiger partial charge in [-0.25, -0.2) is 13.1 Å². The largest absolute Gasteiger partial charge is 0.309 e. The zero-order chi connectivity index (χ0) is 14.2. The number of hydrogen-bond acceptors (Lipinski definition) is 4. The molecule has 1 aliphatic rings. The number of rotatable bonds is 4. The quantitative estimate of drug-likeness (QED) is 0.866. The topological polar surface area (TPSA) is 58.2 Å². The summed E-state index contributed by atoms with van der Waals surface area (Å²) in [6.07, 6.45) is 0. The fourth-order valence-electron chi connectivity index (χ4n) is 2.13. The standard InChI is InChI=1S/C13H13BrN2O2S2/c14-11-4-12(19-8-11)7-16-20(17,18)13-2-1-9-5-15-6-10(9)3-13/h1-4,8,15-16H,5-7H2. The lowest BCUT2D eigenvalue weighted by molar-refractivity contribution is 0.581. The predicted octanol–water partition coefficient (Wildman–Crippen LogP) is 2.59. The van der Waals surface area contributed by atoms with E-state index in [4.69, 9.17) is 0 Å². The molecule has 20 heavy (non-hydrogen) atoms. The summed E-state index contributed by atoms with van der Waals surface area (Å²) in [5.74, 6) is 0. The summed E-state index contributed by atoms with van der Waals surface area (Å²) < 4.78 is 28.2. The zero-order valence-corrected chi connectivity index (χ0v) is 13.7. The molecule has 0 bridgehead atoms. The van der Waals surface area contributed by atoms with Gasteiger partial charge in [0.15, 0.2) is 0 Å². The third kappa shape index (κ3) is 2.96. The summed E-state index contributed by atoms with van der Waals surface area (Å²) in [4.78, 5) is 1.30. The average molecular weight is 373 g/mol. The van der Waals surface area contributed by atoms with Crippen LogP contribution in [-0.2, 0) is 29.7 Å². The van der Waals surface area contributed by atoms with Crippen molar-refractivity contribution < 1.29 is 8.42 Å². The van der Waals surface area contributed by atoms with E-state index in [2.05, 4.69) is 26.0 Å². The van der Waals surface area contributed by atoms with Gasteiger partial charge in [0.05, 0.1) is 4.90 Å². The number of hydrogen-bond donors (Lipinski definition) is 2. The SMILES string of the molecule is O=S(=O)(NCc1cc(Br)cs1)c1ccc2c(c1)CNC2. The molecule has 2 N–H and O–H groups in total. The molecule has 106 valence electrons. The van der Waals surface area contributed by atoms with Gasteiger partial charge < -0.3 is 5.32 Å². The molecule has 0 aliphatic carbocycles. The summed E-state index contributed by atoms with van der Waals surface area (Å²) in [6, 6.07) is 7.21. The molecule has 0 saturated heterocycles. The molecule has 1 aromatic heterocycles. The van der Waals surface area contributed by atoms with Crippen LogP contribution in [0.1, 0.15) is 16.0 Å². The van der Waals surface area contributed by atoms with Crippen LogP contribution < -0.4 is 10.0 Å².